The van der Waals surface area contributed by atoms with Gasteiger partial charge in [-0.15, -0.1) is 0 Å². The highest BCUT2D eigenvalue weighted by Gasteiger charge is 2.18. The molecule has 0 heterocycles. The number of amides is 1. The van der Waals surface area contributed by atoms with Crippen molar-refractivity contribution in [2.75, 3.05) is 19.7 Å². The number of ether oxygens (including phenoxy) is 1. The summed E-state index contributed by atoms with van der Waals surface area (Å²) in [5.41, 5.74) is -0.494. The molecule has 0 bridgehead atoms. The number of likely N-dealkylation sites (N-methyl/N-ethyl adjacent to an activating group) is 1. The molecule has 110 valence electrons. The Bertz CT molecular complexity index is 203. The lowest BCUT2D eigenvalue weighted by Crippen LogP contribution is -2.44. The van der Waals surface area contributed by atoms with Gasteiger partial charge in [-0.3, -0.25) is 0 Å². The number of hydrogen-bond acceptors (Lipinski definition) is 4. The van der Waals surface area contributed by atoms with Crippen LogP contribution in [0.5, 0.6) is 0 Å². The minimum atomic E-state index is -0.494. The Balaban J connectivity index is 0. The third-order valence-corrected chi connectivity index (χ3v) is 1.84. The Morgan fingerprint density at radius 2 is 1.89 bits per heavy atom. The van der Waals surface area contributed by atoms with Crippen LogP contribution in [0.15, 0.2) is 0 Å². The largest absolute Gasteiger partial charge is 0.444 e. The minimum absolute atomic E-state index is 0.0475. The molecule has 0 saturated heterocycles. The van der Waals surface area contributed by atoms with Crippen molar-refractivity contribution < 1.29 is 14.6 Å². The summed E-state index contributed by atoms with van der Waals surface area (Å²) in [6, 6.07) is -0.0974. The molecule has 5 nitrogen and oxygen atoms in total. The second-order valence-electron chi connectivity index (χ2n) is 4.66. The first kappa shape index (κ1) is 19.5. The van der Waals surface area contributed by atoms with Crippen molar-refractivity contribution in [1.82, 2.24) is 10.6 Å². The molecule has 18 heavy (non-hydrogen) atoms. The van der Waals surface area contributed by atoms with E-state index in [1.54, 1.807) is 0 Å². The molecule has 0 rings (SSSR count). The van der Waals surface area contributed by atoms with E-state index in [4.69, 9.17) is 9.84 Å². The fourth-order valence-corrected chi connectivity index (χ4v) is 1.17. The van der Waals surface area contributed by atoms with Gasteiger partial charge in [-0.25, -0.2) is 4.79 Å². The van der Waals surface area contributed by atoms with Crippen LogP contribution in [-0.4, -0.2) is 42.5 Å². The Labute approximate surface area is 111 Å². The van der Waals surface area contributed by atoms with Gasteiger partial charge in [0.05, 0.1) is 0 Å². The van der Waals surface area contributed by atoms with Crippen LogP contribution >= 0.6 is 0 Å². The molecule has 0 aliphatic rings. The standard InChI is InChI=1S/C11H24N2O3.C2H6/c1-5-12-8-9(6-7-14)13-10(15)16-11(2,3)4;1-2/h9,12,14H,5-8H2,1-4H3,(H,13,15);1-2H3. The summed E-state index contributed by atoms with van der Waals surface area (Å²) < 4.78 is 5.14. The fourth-order valence-electron chi connectivity index (χ4n) is 1.17. The molecule has 0 fully saturated rings. The van der Waals surface area contributed by atoms with Gasteiger partial charge >= 0.3 is 6.09 Å². The predicted molar refractivity (Wildman–Crippen MR) is 74.8 cm³/mol. The van der Waals surface area contributed by atoms with Gasteiger partial charge in [-0.1, -0.05) is 20.8 Å². The topological polar surface area (TPSA) is 70.6 Å². The molecule has 0 aliphatic carbocycles. The van der Waals surface area contributed by atoms with E-state index in [9.17, 15) is 4.79 Å². The number of hydrogen-bond donors (Lipinski definition) is 3. The molecule has 0 aromatic heterocycles. The summed E-state index contributed by atoms with van der Waals surface area (Å²) in [6.45, 7) is 13.0. The average Bonchev–Trinajstić information content (AvgIpc) is 2.26. The molecule has 1 unspecified atom stereocenters. The van der Waals surface area contributed by atoms with E-state index < -0.39 is 11.7 Å². The molecule has 1 amide bonds. The smallest absolute Gasteiger partial charge is 0.407 e. The van der Waals surface area contributed by atoms with Crippen LogP contribution in [-0.2, 0) is 4.74 Å². The van der Waals surface area contributed by atoms with E-state index in [0.717, 1.165) is 6.54 Å². The number of aliphatic hydroxyl groups is 1. The molecule has 3 N–H and O–H groups in total. The summed E-state index contributed by atoms with van der Waals surface area (Å²) in [7, 11) is 0. The maximum absolute atomic E-state index is 11.5. The first-order valence-electron chi connectivity index (χ1n) is 6.70. The second kappa shape index (κ2) is 11.3. The molecule has 0 aromatic rings. The first-order chi connectivity index (χ1) is 8.39. The number of rotatable bonds is 6. The number of nitrogens with one attached hydrogen (secondary N) is 2. The van der Waals surface area contributed by atoms with Crippen LogP contribution in [0.4, 0.5) is 4.79 Å². The second-order valence-corrected chi connectivity index (χ2v) is 4.66. The predicted octanol–water partition coefficient (Wildman–Crippen LogP) is 1.90. The van der Waals surface area contributed by atoms with Crippen LogP contribution < -0.4 is 10.6 Å². The van der Waals surface area contributed by atoms with Crippen molar-refractivity contribution in [1.29, 1.82) is 0 Å². The van der Waals surface area contributed by atoms with Gasteiger partial charge in [0, 0.05) is 19.2 Å². The summed E-state index contributed by atoms with van der Waals surface area (Å²) in [6.07, 6.45) is 0.0792. The molecular weight excluding hydrogens is 232 g/mol. The highest BCUT2D eigenvalue weighted by Crippen LogP contribution is 2.06. The number of carbonyl (C=O) groups excluding carboxylic acids is 1. The number of aliphatic hydroxyl groups excluding tert-OH is 1. The number of carbonyl (C=O) groups is 1. The quantitative estimate of drug-likeness (QED) is 0.684. The van der Waals surface area contributed by atoms with Crippen molar-refractivity contribution in [3.63, 3.8) is 0 Å². The third kappa shape index (κ3) is 13.3. The normalized spacial score (nSPS) is 12.2. The van der Waals surface area contributed by atoms with E-state index in [2.05, 4.69) is 10.6 Å². The van der Waals surface area contributed by atoms with Crippen LogP contribution in [0.3, 0.4) is 0 Å². The zero-order valence-electron chi connectivity index (χ0n) is 12.7. The molecule has 0 spiro atoms. The van der Waals surface area contributed by atoms with Crippen LogP contribution in [0.2, 0.25) is 0 Å². The van der Waals surface area contributed by atoms with Crippen molar-refractivity contribution in [2.45, 2.75) is 59.6 Å². The number of alkyl carbamates (subject to hydrolysis) is 1. The van der Waals surface area contributed by atoms with E-state index >= 15 is 0 Å². The Kier molecular flexibility index (Phi) is 12.2. The molecule has 5 heteroatoms. The van der Waals surface area contributed by atoms with Gasteiger partial charge in [0.1, 0.15) is 5.60 Å². The molecule has 0 radical (unpaired) electrons. The van der Waals surface area contributed by atoms with E-state index in [1.807, 2.05) is 41.5 Å². The zero-order chi connectivity index (χ0) is 14.6. The summed E-state index contributed by atoms with van der Waals surface area (Å²) in [5, 5.41) is 14.7. The van der Waals surface area contributed by atoms with E-state index in [1.165, 1.54) is 0 Å². The fraction of sp³-hybridized carbons (Fsp3) is 0.923. The van der Waals surface area contributed by atoms with Gasteiger partial charge in [-0.2, -0.15) is 0 Å². The summed E-state index contributed by atoms with van der Waals surface area (Å²) >= 11 is 0. The Morgan fingerprint density at radius 3 is 2.28 bits per heavy atom. The third-order valence-electron chi connectivity index (χ3n) is 1.84. The maximum Gasteiger partial charge on any atom is 0.407 e. The summed E-state index contributed by atoms with van der Waals surface area (Å²) in [4.78, 5) is 11.5. The molecular formula is C13H30N2O3. The molecule has 0 aliphatic heterocycles. The van der Waals surface area contributed by atoms with Crippen molar-refractivity contribution in [3.05, 3.63) is 0 Å². The lowest BCUT2D eigenvalue weighted by molar-refractivity contribution is 0.0497. The van der Waals surface area contributed by atoms with Gasteiger partial charge in [0.15, 0.2) is 0 Å². The maximum atomic E-state index is 11.5. The van der Waals surface area contributed by atoms with Crippen LogP contribution in [0.1, 0.15) is 48.0 Å². The van der Waals surface area contributed by atoms with Crippen LogP contribution in [0.25, 0.3) is 0 Å². The van der Waals surface area contributed by atoms with Gasteiger partial charge in [0.2, 0.25) is 0 Å². The average molecular weight is 262 g/mol. The highest BCUT2D eigenvalue weighted by molar-refractivity contribution is 5.68. The van der Waals surface area contributed by atoms with Gasteiger partial charge in [-0.05, 0) is 33.7 Å². The Morgan fingerprint density at radius 1 is 1.33 bits per heavy atom. The Hall–Kier alpha value is -0.810. The SMILES string of the molecule is CC.CCNCC(CCO)NC(=O)OC(C)(C)C. The van der Waals surface area contributed by atoms with Gasteiger partial charge in [0.25, 0.3) is 0 Å². The van der Waals surface area contributed by atoms with Gasteiger partial charge < -0.3 is 20.5 Å². The molecule has 1 atom stereocenters. The first-order valence-corrected chi connectivity index (χ1v) is 6.70. The van der Waals surface area contributed by atoms with E-state index in [-0.39, 0.29) is 12.6 Å². The lowest BCUT2D eigenvalue weighted by atomic mass is 10.2. The zero-order valence-corrected chi connectivity index (χ0v) is 12.7. The minimum Gasteiger partial charge on any atom is -0.444 e. The monoisotopic (exact) mass is 262 g/mol. The van der Waals surface area contributed by atoms with Crippen molar-refractivity contribution in [3.8, 4) is 0 Å². The van der Waals surface area contributed by atoms with Crippen molar-refractivity contribution >= 4 is 6.09 Å². The lowest BCUT2D eigenvalue weighted by Gasteiger charge is -2.23. The van der Waals surface area contributed by atoms with Crippen LogP contribution in [0, 0.1) is 0 Å². The summed E-state index contributed by atoms with van der Waals surface area (Å²) in [5.74, 6) is 0. The molecule has 0 aromatic carbocycles. The highest BCUT2D eigenvalue weighted by atomic mass is 16.6. The van der Waals surface area contributed by atoms with E-state index in [0.29, 0.717) is 13.0 Å². The van der Waals surface area contributed by atoms with Crippen molar-refractivity contribution in [2.24, 2.45) is 0 Å². The molecule has 0 saturated carbocycles.